The molecular formula is C16H24N4O4S. The molecule has 2 N–H and O–H groups in total. The van der Waals surface area contributed by atoms with Crippen LogP contribution in [0.2, 0.25) is 0 Å². The van der Waals surface area contributed by atoms with Crippen molar-refractivity contribution < 1.29 is 17.7 Å². The average molecular weight is 368 g/mol. The van der Waals surface area contributed by atoms with Gasteiger partial charge in [0.15, 0.2) is 5.69 Å². The van der Waals surface area contributed by atoms with E-state index in [4.69, 9.17) is 4.52 Å². The quantitative estimate of drug-likeness (QED) is 0.738. The third-order valence-corrected chi connectivity index (χ3v) is 6.10. The van der Waals surface area contributed by atoms with Crippen LogP contribution in [0.25, 0.3) is 0 Å². The van der Waals surface area contributed by atoms with E-state index in [-0.39, 0.29) is 11.9 Å². The number of carbonyl (C=O) groups is 1. The standard InChI is InChI=1S/C16H24N4O4S/c1-17-7-2-10-25(22,23)20-8-5-13(6-9-20)18-16(21)14-11-15(24-19-14)12-3-4-12/h2,10-13,17H,3-9H2,1H3,(H,18,21). The summed E-state index contributed by atoms with van der Waals surface area (Å²) in [6.07, 6.45) is 4.93. The van der Waals surface area contributed by atoms with Crippen LogP contribution in [-0.2, 0) is 10.0 Å². The number of sulfonamides is 1. The van der Waals surface area contributed by atoms with Crippen LogP contribution in [0, 0.1) is 0 Å². The van der Waals surface area contributed by atoms with Gasteiger partial charge in [0.25, 0.3) is 5.91 Å². The molecule has 0 atom stereocenters. The highest BCUT2D eigenvalue weighted by atomic mass is 32.2. The van der Waals surface area contributed by atoms with Gasteiger partial charge in [-0.1, -0.05) is 11.2 Å². The topological polar surface area (TPSA) is 105 Å². The van der Waals surface area contributed by atoms with Gasteiger partial charge in [0, 0.05) is 43.1 Å². The Hall–Kier alpha value is -1.71. The molecule has 2 aliphatic rings. The van der Waals surface area contributed by atoms with Gasteiger partial charge in [-0.25, -0.2) is 8.42 Å². The molecule has 8 nitrogen and oxygen atoms in total. The van der Waals surface area contributed by atoms with Crippen molar-refractivity contribution in [1.82, 2.24) is 20.1 Å². The summed E-state index contributed by atoms with van der Waals surface area (Å²) in [5.41, 5.74) is 0.298. The first kappa shape index (κ1) is 18.1. The molecule has 0 spiro atoms. The van der Waals surface area contributed by atoms with E-state index < -0.39 is 10.0 Å². The second-order valence-electron chi connectivity index (χ2n) is 6.51. The number of nitrogens with zero attached hydrogens (tertiary/aromatic N) is 2. The Morgan fingerprint density at radius 2 is 2.08 bits per heavy atom. The van der Waals surface area contributed by atoms with E-state index in [1.165, 1.54) is 9.71 Å². The van der Waals surface area contributed by atoms with Gasteiger partial charge < -0.3 is 15.2 Å². The second-order valence-corrected chi connectivity index (χ2v) is 8.33. The monoisotopic (exact) mass is 368 g/mol. The molecular weight excluding hydrogens is 344 g/mol. The lowest BCUT2D eigenvalue weighted by molar-refractivity contribution is 0.0914. The van der Waals surface area contributed by atoms with E-state index in [9.17, 15) is 13.2 Å². The Balaban J connectivity index is 1.49. The first-order valence-corrected chi connectivity index (χ1v) is 10.1. The van der Waals surface area contributed by atoms with Gasteiger partial charge in [-0.15, -0.1) is 0 Å². The van der Waals surface area contributed by atoms with Crippen molar-refractivity contribution in [1.29, 1.82) is 0 Å². The normalized spacial score (nSPS) is 20.2. The van der Waals surface area contributed by atoms with Crippen molar-refractivity contribution >= 4 is 15.9 Å². The third-order valence-electron chi connectivity index (χ3n) is 4.48. The van der Waals surface area contributed by atoms with E-state index in [1.54, 1.807) is 19.2 Å². The van der Waals surface area contributed by atoms with Gasteiger partial charge in [-0.2, -0.15) is 4.31 Å². The van der Waals surface area contributed by atoms with E-state index in [1.807, 2.05) is 0 Å². The zero-order chi connectivity index (χ0) is 17.9. The Morgan fingerprint density at radius 3 is 2.72 bits per heavy atom. The van der Waals surface area contributed by atoms with Crippen molar-refractivity contribution in [2.45, 2.75) is 37.6 Å². The molecule has 1 aliphatic carbocycles. The number of nitrogens with one attached hydrogen (secondary N) is 2. The van der Waals surface area contributed by atoms with Crippen molar-refractivity contribution in [2.75, 3.05) is 26.7 Å². The number of piperidine rings is 1. The maximum absolute atomic E-state index is 12.2. The fraction of sp³-hybridized carbons (Fsp3) is 0.625. The zero-order valence-corrected chi connectivity index (χ0v) is 15.1. The van der Waals surface area contributed by atoms with E-state index in [0.29, 0.717) is 44.1 Å². The molecule has 1 amide bonds. The van der Waals surface area contributed by atoms with E-state index in [0.717, 1.165) is 18.6 Å². The van der Waals surface area contributed by atoms with Crippen LogP contribution >= 0.6 is 0 Å². The molecule has 3 rings (SSSR count). The molecule has 0 bridgehead atoms. The maximum atomic E-state index is 12.2. The molecule has 0 radical (unpaired) electrons. The number of aromatic nitrogens is 1. The molecule has 2 heterocycles. The van der Waals surface area contributed by atoms with Crippen LogP contribution in [0.3, 0.4) is 0 Å². The molecule has 1 aromatic rings. The summed E-state index contributed by atoms with van der Waals surface area (Å²) in [5.74, 6) is 0.934. The summed E-state index contributed by atoms with van der Waals surface area (Å²) in [6, 6.07) is 1.65. The predicted octanol–water partition coefficient (Wildman–Crippen LogP) is 0.809. The number of likely N-dealkylation sites (N-methyl/N-ethyl adjacent to an activating group) is 1. The average Bonchev–Trinajstić information content (AvgIpc) is 3.32. The summed E-state index contributed by atoms with van der Waals surface area (Å²) >= 11 is 0. The first-order valence-electron chi connectivity index (χ1n) is 8.58. The fourth-order valence-corrected chi connectivity index (χ4v) is 4.08. The molecule has 0 unspecified atom stereocenters. The van der Waals surface area contributed by atoms with Gasteiger partial charge in [0.1, 0.15) is 5.76 Å². The summed E-state index contributed by atoms with van der Waals surface area (Å²) in [4.78, 5) is 12.2. The molecule has 0 aromatic carbocycles. The van der Waals surface area contributed by atoms with Crippen LogP contribution in [0.1, 0.15) is 47.8 Å². The van der Waals surface area contributed by atoms with Crippen LogP contribution in [-0.4, -0.2) is 56.5 Å². The highest BCUT2D eigenvalue weighted by Crippen LogP contribution is 2.40. The molecule has 1 aliphatic heterocycles. The molecule has 9 heteroatoms. The molecule has 1 saturated heterocycles. The molecule has 2 fully saturated rings. The lowest BCUT2D eigenvalue weighted by Gasteiger charge is -2.30. The largest absolute Gasteiger partial charge is 0.360 e. The Morgan fingerprint density at radius 1 is 1.36 bits per heavy atom. The highest BCUT2D eigenvalue weighted by Gasteiger charge is 2.30. The smallest absolute Gasteiger partial charge is 0.273 e. The van der Waals surface area contributed by atoms with Crippen molar-refractivity contribution in [3.63, 3.8) is 0 Å². The van der Waals surface area contributed by atoms with Crippen LogP contribution in [0.15, 0.2) is 22.1 Å². The van der Waals surface area contributed by atoms with Crippen molar-refractivity contribution in [2.24, 2.45) is 0 Å². The SMILES string of the molecule is CNCC=CS(=O)(=O)N1CCC(NC(=O)c2cc(C3CC3)on2)CC1. The lowest BCUT2D eigenvalue weighted by Crippen LogP contribution is -2.46. The van der Waals surface area contributed by atoms with Gasteiger partial charge in [-0.05, 0) is 32.7 Å². The van der Waals surface area contributed by atoms with Crippen LogP contribution in [0.5, 0.6) is 0 Å². The summed E-state index contributed by atoms with van der Waals surface area (Å²) in [5, 5.41) is 10.9. The van der Waals surface area contributed by atoms with Gasteiger partial charge >= 0.3 is 0 Å². The second kappa shape index (κ2) is 7.67. The Kier molecular flexibility index (Phi) is 5.55. The lowest BCUT2D eigenvalue weighted by atomic mass is 10.1. The highest BCUT2D eigenvalue weighted by molar-refractivity contribution is 7.92. The van der Waals surface area contributed by atoms with E-state index >= 15 is 0 Å². The first-order chi connectivity index (χ1) is 12.0. The predicted molar refractivity (Wildman–Crippen MR) is 92.5 cm³/mol. The van der Waals surface area contributed by atoms with Crippen molar-refractivity contribution in [3.8, 4) is 0 Å². The maximum Gasteiger partial charge on any atom is 0.273 e. The minimum absolute atomic E-state index is 0.0543. The minimum Gasteiger partial charge on any atom is -0.360 e. The summed E-state index contributed by atoms with van der Waals surface area (Å²) < 4.78 is 31.0. The van der Waals surface area contributed by atoms with Crippen LogP contribution < -0.4 is 10.6 Å². The molecule has 1 aromatic heterocycles. The molecule has 138 valence electrons. The molecule has 1 saturated carbocycles. The van der Waals surface area contributed by atoms with Gasteiger partial charge in [0.2, 0.25) is 10.0 Å². The fourth-order valence-electron chi connectivity index (χ4n) is 2.84. The zero-order valence-electron chi connectivity index (χ0n) is 14.3. The number of carbonyl (C=O) groups excluding carboxylic acids is 1. The van der Waals surface area contributed by atoms with E-state index in [2.05, 4.69) is 15.8 Å². The number of rotatable bonds is 7. The minimum atomic E-state index is -3.39. The van der Waals surface area contributed by atoms with Crippen molar-refractivity contribution in [3.05, 3.63) is 29.0 Å². The van der Waals surface area contributed by atoms with Gasteiger partial charge in [-0.3, -0.25) is 4.79 Å². The Bertz CT molecular complexity index is 731. The molecule has 25 heavy (non-hydrogen) atoms. The van der Waals surface area contributed by atoms with Gasteiger partial charge in [0.05, 0.1) is 0 Å². The summed E-state index contributed by atoms with van der Waals surface area (Å²) in [6.45, 7) is 1.29. The Labute approximate surface area is 147 Å². The third kappa shape index (κ3) is 4.68. The number of hydrogen-bond donors (Lipinski definition) is 2. The number of hydrogen-bond acceptors (Lipinski definition) is 6. The summed E-state index contributed by atoms with van der Waals surface area (Å²) in [7, 11) is -1.63. The number of amides is 1. The van der Waals surface area contributed by atoms with Crippen LogP contribution in [0.4, 0.5) is 0 Å².